The maximum atomic E-state index is 11.9. The van der Waals surface area contributed by atoms with Crippen molar-refractivity contribution in [3.05, 3.63) is 28.0 Å². The predicted molar refractivity (Wildman–Crippen MR) is 64.5 cm³/mol. The van der Waals surface area contributed by atoms with E-state index >= 15 is 0 Å². The van der Waals surface area contributed by atoms with Gasteiger partial charge in [0.2, 0.25) is 0 Å². The number of hydrogen-bond acceptors (Lipinski definition) is 4. The lowest BCUT2D eigenvalue weighted by Gasteiger charge is -2.26. The number of pyridine rings is 1. The van der Waals surface area contributed by atoms with Gasteiger partial charge in [0, 0.05) is 18.2 Å². The van der Waals surface area contributed by atoms with Crippen LogP contribution >= 0.6 is 0 Å². The average molecular weight is 252 g/mol. The molecule has 1 aliphatic rings. The summed E-state index contributed by atoms with van der Waals surface area (Å²) in [6.45, 7) is 0. The standard InChI is InChI=1S/C12H16N2O4/c15-9-3-1-8(2-4-9)13-12(18)7-5-10(16)14-11(17)6-7/h5-6,8-9,15H,1-4H2,(H,13,18)(H2,14,16,17). The zero-order valence-corrected chi connectivity index (χ0v) is 9.85. The number of hydrogen-bond donors (Lipinski definition) is 4. The number of carbonyl (C=O) groups excluding carboxylic acids is 1. The van der Waals surface area contributed by atoms with Gasteiger partial charge in [-0.05, 0) is 25.7 Å². The van der Waals surface area contributed by atoms with E-state index < -0.39 is 5.56 Å². The van der Waals surface area contributed by atoms with E-state index in [-0.39, 0.29) is 29.5 Å². The summed E-state index contributed by atoms with van der Waals surface area (Å²) in [7, 11) is 0. The molecule has 0 atom stereocenters. The van der Waals surface area contributed by atoms with Crippen molar-refractivity contribution in [3.8, 4) is 5.88 Å². The summed E-state index contributed by atoms with van der Waals surface area (Å²) < 4.78 is 0. The molecule has 1 aromatic rings. The van der Waals surface area contributed by atoms with E-state index in [2.05, 4.69) is 10.3 Å². The molecule has 0 spiro atoms. The van der Waals surface area contributed by atoms with Gasteiger partial charge in [-0.1, -0.05) is 0 Å². The van der Waals surface area contributed by atoms with Gasteiger partial charge in [-0.3, -0.25) is 14.6 Å². The monoisotopic (exact) mass is 252 g/mol. The van der Waals surface area contributed by atoms with Gasteiger partial charge in [0.05, 0.1) is 11.7 Å². The van der Waals surface area contributed by atoms with E-state index in [0.717, 1.165) is 18.9 Å². The Morgan fingerprint density at radius 2 is 1.94 bits per heavy atom. The molecule has 0 unspecified atom stereocenters. The fourth-order valence-electron chi connectivity index (χ4n) is 2.15. The maximum Gasteiger partial charge on any atom is 0.251 e. The Hall–Kier alpha value is -1.82. The van der Waals surface area contributed by atoms with Gasteiger partial charge in [0.1, 0.15) is 0 Å². The van der Waals surface area contributed by atoms with Crippen LogP contribution in [0.25, 0.3) is 0 Å². The van der Waals surface area contributed by atoms with Crippen molar-refractivity contribution in [2.24, 2.45) is 0 Å². The lowest BCUT2D eigenvalue weighted by molar-refractivity contribution is 0.0867. The molecule has 1 fully saturated rings. The molecule has 6 heteroatoms. The van der Waals surface area contributed by atoms with Crippen LogP contribution < -0.4 is 10.9 Å². The molecule has 4 N–H and O–H groups in total. The van der Waals surface area contributed by atoms with Gasteiger partial charge in [0.25, 0.3) is 11.5 Å². The van der Waals surface area contributed by atoms with Crippen LogP contribution in [0.5, 0.6) is 5.88 Å². The summed E-state index contributed by atoms with van der Waals surface area (Å²) in [6, 6.07) is 2.38. The minimum atomic E-state index is -0.515. The van der Waals surface area contributed by atoms with Crippen LogP contribution in [-0.2, 0) is 0 Å². The summed E-state index contributed by atoms with van der Waals surface area (Å²) >= 11 is 0. The summed E-state index contributed by atoms with van der Waals surface area (Å²) in [5.74, 6) is -0.704. The predicted octanol–water partition coefficient (Wildman–Crippen LogP) is 0.114. The molecule has 0 bridgehead atoms. The smallest absolute Gasteiger partial charge is 0.251 e. The Bertz CT molecular complexity index is 489. The normalized spacial score (nSPS) is 23.6. The largest absolute Gasteiger partial charge is 0.494 e. The van der Waals surface area contributed by atoms with E-state index in [0.29, 0.717) is 12.8 Å². The molecule has 2 rings (SSSR count). The third kappa shape index (κ3) is 3.10. The van der Waals surface area contributed by atoms with Crippen molar-refractivity contribution < 1.29 is 15.0 Å². The first-order chi connectivity index (χ1) is 8.54. The fraction of sp³-hybridized carbons (Fsp3) is 0.500. The lowest BCUT2D eigenvalue weighted by Crippen LogP contribution is -2.38. The van der Waals surface area contributed by atoms with Crippen LogP contribution in [0, 0.1) is 0 Å². The Kier molecular flexibility index (Phi) is 3.66. The summed E-state index contributed by atoms with van der Waals surface area (Å²) in [5.41, 5.74) is -0.374. The third-order valence-electron chi connectivity index (χ3n) is 3.12. The molecular formula is C12H16N2O4. The molecule has 1 amide bonds. The summed E-state index contributed by atoms with van der Waals surface area (Å²) in [5, 5.41) is 21.4. The molecule has 0 aliphatic heterocycles. The third-order valence-corrected chi connectivity index (χ3v) is 3.12. The van der Waals surface area contributed by atoms with Crippen LogP contribution in [0.1, 0.15) is 36.0 Å². The van der Waals surface area contributed by atoms with Gasteiger partial charge in [-0.2, -0.15) is 0 Å². The quantitative estimate of drug-likeness (QED) is 0.600. The lowest BCUT2D eigenvalue weighted by atomic mass is 9.93. The number of H-pyrrole nitrogens is 1. The topological polar surface area (TPSA) is 102 Å². The Balaban J connectivity index is 2.01. The highest BCUT2D eigenvalue weighted by atomic mass is 16.3. The van der Waals surface area contributed by atoms with Gasteiger partial charge in [-0.25, -0.2) is 0 Å². The van der Waals surface area contributed by atoms with E-state index in [4.69, 9.17) is 0 Å². The van der Waals surface area contributed by atoms with Gasteiger partial charge in [-0.15, -0.1) is 0 Å². The van der Waals surface area contributed by atoms with Crippen molar-refractivity contribution >= 4 is 5.91 Å². The molecule has 0 radical (unpaired) electrons. The van der Waals surface area contributed by atoms with Crippen molar-refractivity contribution in [2.45, 2.75) is 37.8 Å². The van der Waals surface area contributed by atoms with Crippen LogP contribution in [-0.4, -0.2) is 33.3 Å². The second kappa shape index (κ2) is 5.22. The highest BCUT2D eigenvalue weighted by Crippen LogP contribution is 2.18. The number of aromatic nitrogens is 1. The minimum Gasteiger partial charge on any atom is -0.494 e. The summed E-state index contributed by atoms with van der Waals surface area (Å²) in [6.07, 6.45) is 2.52. The van der Waals surface area contributed by atoms with Crippen molar-refractivity contribution in [1.29, 1.82) is 0 Å². The van der Waals surface area contributed by atoms with Gasteiger partial charge in [0.15, 0.2) is 5.88 Å². The fourth-order valence-corrected chi connectivity index (χ4v) is 2.15. The Morgan fingerprint density at radius 3 is 2.56 bits per heavy atom. The van der Waals surface area contributed by atoms with E-state index in [1.807, 2.05) is 0 Å². The SMILES string of the molecule is O=C(NC1CCC(O)CC1)c1cc(O)[nH]c(=O)c1. The molecule has 1 saturated carbocycles. The molecule has 1 aromatic heterocycles. The van der Waals surface area contributed by atoms with Crippen molar-refractivity contribution in [3.63, 3.8) is 0 Å². The number of aromatic amines is 1. The average Bonchev–Trinajstić information content (AvgIpc) is 2.31. The Morgan fingerprint density at radius 1 is 1.28 bits per heavy atom. The zero-order chi connectivity index (χ0) is 13.1. The van der Waals surface area contributed by atoms with Gasteiger partial charge < -0.3 is 15.5 Å². The van der Waals surface area contributed by atoms with Crippen molar-refractivity contribution in [1.82, 2.24) is 10.3 Å². The number of aliphatic hydroxyl groups is 1. The van der Waals surface area contributed by atoms with Crippen LogP contribution in [0.3, 0.4) is 0 Å². The van der Waals surface area contributed by atoms with E-state index in [1.54, 1.807) is 0 Å². The van der Waals surface area contributed by atoms with Crippen LogP contribution in [0.15, 0.2) is 16.9 Å². The first-order valence-corrected chi connectivity index (χ1v) is 5.97. The number of aromatic hydroxyl groups is 1. The minimum absolute atomic E-state index is 0.0160. The number of carbonyl (C=O) groups is 1. The molecule has 1 heterocycles. The van der Waals surface area contributed by atoms with E-state index in [1.165, 1.54) is 6.07 Å². The highest BCUT2D eigenvalue weighted by Gasteiger charge is 2.21. The molecule has 1 aliphatic carbocycles. The molecule has 0 aromatic carbocycles. The highest BCUT2D eigenvalue weighted by molar-refractivity contribution is 5.94. The molecule has 6 nitrogen and oxygen atoms in total. The molecular weight excluding hydrogens is 236 g/mol. The molecule has 18 heavy (non-hydrogen) atoms. The number of amides is 1. The van der Waals surface area contributed by atoms with Crippen LogP contribution in [0.4, 0.5) is 0 Å². The number of nitrogens with one attached hydrogen (secondary N) is 2. The molecule has 0 saturated heterocycles. The number of rotatable bonds is 2. The first kappa shape index (κ1) is 12.6. The summed E-state index contributed by atoms with van der Waals surface area (Å²) in [4.78, 5) is 25.1. The first-order valence-electron chi connectivity index (χ1n) is 5.97. The number of aliphatic hydroxyl groups excluding tert-OH is 1. The van der Waals surface area contributed by atoms with Crippen LogP contribution in [0.2, 0.25) is 0 Å². The van der Waals surface area contributed by atoms with E-state index in [9.17, 15) is 19.8 Å². The second-order valence-electron chi connectivity index (χ2n) is 4.60. The van der Waals surface area contributed by atoms with Gasteiger partial charge >= 0.3 is 0 Å². The van der Waals surface area contributed by atoms with Crippen molar-refractivity contribution in [2.75, 3.05) is 0 Å². The Labute approximate surface area is 104 Å². The second-order valence-corrected chi connectivity index (χ2v) is 4.60. The zero-order valence-electron chi connectivity index (χ0n) is 9.85. The molecule has 98 valence electrons. The maximum absolute atomic E-state index is 11.9.